The number of piperidine rings is 1. The third-order valence-corrected chi connectivity index (χ3v) is 4.21. The first-order valence-electron chi connectivity index (χ1n) is 7.53. The lowest BCUT2D eigenvalue weighted by molar-refractivity contribution is 0.277. The number of likely N-dealkylation sites (tertiary alicyclic amines) is 2. The van der Waals surface area contributed by atoms with Crippen molar-refractivity contribution in [1.82, 2.24) is 9.80 Å². The fourth-order valence-corrected chi connectivity index (χ4v) is 2.83. The van der Waals surface area contributed by atoms with Crippen molar-refractivity contribution in [2.75, 3.05) is 39.3 Å². The Hall–Kier alpha value is -0.0400. The lowest BCUT2D eigenvalue weighted by atomic mass is 10.00. The number of hydrogen-bond acceptors (Lipinski definition) is 2. The third kappa shape index (κ3) is 5.85. The van der Waals surface area contributed by atoms with E-state index in [0.717, 1.165) is 37.9 Å². The summed E-state index contributed by atoms with van der Waals surface area (Å²) in [6, 6.07) is 0. The standard InChI is InChI=1S/C14H28N4.HI/c1-13-5-11-18(12-6-13)14(15)16-7-4-10-17-8-2-3-9-17;/h13H,2-12H2,1H3,(H2,15,16);1H. The molecule has 112 valence electrons. The second kappa shape index (κ2) is 9.00. The second-order valence-electron chi connectivity index (χ2n) is 5.81. The van der Waals surface area contributed by atoms with E-state index in [-0.39, 0.29) is 24.0 Å². The van der Waals surface area contributed by atoms with Crippen LogP contribution in [0.2, 0.25) is 0 Å². The largest absolute Gasteiger partial charge is 0.370 e. The Bertz CT molecular complexity index is 269. The van der Waals surface area contributed by atoms with Gasteiger partial charge in [-0.3, -0.25) is 4.99 Å². The zero-order chi connectivity index (χ0) is 12.8. The van der Waals surface area contributed by atoms with Gasteiger partial charge in [0.15, 0.2) is 5.96 Å². The molecule has 0 bridgehead atoms. The minimum Gasteiger partial charge on any atom is -0.370 e. The van der Waals surface area contributed by atoms with Crippen LogP contribution in [0.3, 0.4) is 0 Å². The van der Waals surface area contributed by atoms with E-state index in [4.69, 9.17) is 5.73 Å². The van der Waals surface area contributed by atoms with Crippen LogP contribution in [0.5, 0.6) is 0 Å². The van der Waals surface area contributed by atoms with Gasteiger partial charge in [0, 0.05) is 19.6 Å². The van der Waals surface area contributed by atoms with Gasteiger partial charge in [-0.1, -0.05) is 6.92 Å². The summed E-state index contributed by atoms with van der Waals surface area (Å²) < 4.78 is 0. The molecule has 5 heteroatoms. The number of rotatable bonds is 4. The highest BCUT2D eigenvalue weighted by molar-refractivity contribution is 14.0. The SMILES string of the molecule is CC1CCN(C(N)=NCCCN2CCCC2)CC1.I. The predicted molar refractivity (Wildman–Crippen MR) is 92.2 cm³/mol. The average molecular weight is 380 g/mol. The molecule has 0 aromatic carbocycles. The van der Waals surface area contributed by atoms with E-state index in [2.05, 4.69) is 21.7 Å². The van der Waals surface area contributed by atoms with Gasteiger partial charge in [-0.25, -0.2) is 0 Å². The topological polar surface area (TPSA) is 44.9 Å². The Balaban J connectivity index is 0.00000180. The summed E-state index contributed by atoms with van der Waals surface area (Å²) in [6.45, 7) is 9.13. The van der Waals surface area contributed by atoms with Crippen LogP contribution in [0.1, 0.15) is 39.0 Å². The normalized spacial score (nSPS) is 22.6. The van der Waals surface area contributed by atoms with Crippen molar-refractivity contribution in [1.29, 1.82) is 0 Å². The van der Waals surface area contributed by atoms with Crippen LogP contribution < -0.4 is 5.73 Å². The van der Waals surface area contributed by atoms with Crippen LogP contribution in [0.4, 0.5) is 0 Å². The molecule has 19 heavy (non-hydrogen) atoms. The van der Waals surface area contributed by atoms with Crippen molar-refractivity contribution in [3.63, 3.8) is 0 Å². The number of nitrogens with two attached hydrogens (primary N) is 1. The molecule has 0 aromatic rings. The molecule has 2 aliphatic rings. The number of hydrogen-bond donors (Lipinski definition) is 1. The smallest absolute Gasteiger partial charge is 0.191 e. The highest BCUT2D eigenvalue weighted by atomic mass is 127. The van der Waals surface area contributed by atoms with Crippen LogP contribution in [-0.4, -0.2) is 55.0 Å². The molecule has 0 aromatic heterocycles. The van der Waals surface area contributed by atoms with Crippen molar-refractivity contribution in [3.8, 4) is 0 Å². The summed E-state index contributed by atoms with van der Waals surface area (Å²) in [7, 11) is 0. The van der Waals surface area contributed by atoms with Crippen LogP contribution >= 0.6 is 24.0 Å². The number of aliphatic imine (C=N–C) groups is 1. The van der Waals surface area contributed by atoms with Gasteiger partial charge in [0.2, 0.25) is 0 Å². The van der Waals surface area contributed by atoms with Crippen LogP contribution in [-0.2, 0) is 0 Å². The number of guanidine groups is 1. The van der Waals surface area contributed by atoms with Crippen molar-refractivity contribution >= 4 is 29.9 Å². The van der Waals surface area contributed by atoms with Crippen molar-refractivity contribution < 1.29 is 0 Å². The van der Waals surface area contributed by atoms with Gasteiger partial charge in [0.1, 0.15) is 0 Å². The summed E-state index contributed by atoms with van der Waals surface area (Å²) in [5, 5.41) is 0. The van der Waals surface area contributed by atoms with Gasteiger partial charge < -0.3 is 15.5 Å². The summed E-state index contributed by atoms with van der Waals surface area (Å²) in [5.41, 5.74) is 6.05. The van der Waals surface area contributed by atoms with Crippen LogP contribution in [0.25, 0.3) is 0 Å². The highest BCUT2D eigenvalue weighted by Gasteiger charge is 2.16. The summed E-state index contributed by atoms with van der Waals surface area (Å²) in [6.07, 6.45) is 6.40. The van der Waals surface area contributed by atoms with Gasteiger partial charge in [-0.15, -0.1) is 24.0 Å². The minimum atomic E-state index is 0. The molecule has 2 heterocycles. The number of halogens is 1. The van der Waals surface area contributed by atoms with Gasteiger partial charge in [0.05, 0.1) is 0 Å². The summed E-state index contributed by atoms with van der Waals surface area (Å²) in [4.78, 5) is 9.31. The first-order valence-corrected chi connectivity index (χ1v) is 7.53. The van der Waals surface area contributed by atoms with E-state index in [9.17, 15) is 0 Å². The Morgan fingerprint density at radius 2 is 1.79 bits per heavy atom. The van der Waals surface area contributed by atoms with Crippen molar-refractivity contribution in [2.24, 2.45) is 16.6 Å². The first-order chi connectivity index (χ1) is 8.75. The fraction of sp³-hybridized carbons (Fsp3) is 0.929. The molecule has 2 saturated heterocycles. The summed E-state index contributed by atoms with van der Waals surface area (Å²) >= 11 is 0. The molecule has 0 unspecified atom stereocenters. The van der Waals surface area contributed by atoms with Gasteiger partial charge in [0.25, 0.3) is 0 Å². The minimum absolute atomic E-state index is 0. The van der Waals surface area contributed by atoms with Gasteiger partial charge in [-0.05, 0) is 57.7 Å². The molecular weight excluding hydrogens is 351 g/mol. The molecule has 0 amide bonds. The van der Waals surface area contributed by atoms with Crippen molar-refractivity contribution in [2.45, 2.75) is 39.0 Å². The van der Waals surface area contributed by atoms with E-state index in [0.29, 0.717) is 0 Å². The monoisotopic (exact) mass is 380 g/mol. The highest BCUT2D eigenvalue weighted by Crippen LogP contribution is 2.15. The Kier molecular flexibility index (Phi) is 8.06. The molecule has 2 rings (SSSR count). The van der Waals surface area contributed by atoms with E-state index in [1.807, 2.05) is 0 Å². The molecule has 0 atom stereocenters. The van der Waals surface area contributed by atoms with E-state index >= 15 is 0 Å². The van der Waals surface area contributed by atoms with Crippen LogP contribution in [0.15, 0.2) is 4.99 Å². The first kappa shape index (κ1) is 17.0. The van der Waals surface area contributed by atoms with Gasteiger partial charge >= 0.3 is 0 Å². The Labute approximate surface area is 134 Å². The maximum atomic E-state index is 6.05. The predicted octanol–water partition coefficient (Wildman–Crippen LogP) is 2.14. The molecule has 0 saturated carbocycles. The molecule has 2 fully saturated rings. The summed E-state index contributed by atoms with van der Waals surface area (Å²) in [5.74, 6) is 1.62. The fourth-order valence-electron chi connectivity index (χ4n) is 2.83. The molecule has 0 aliphatic carbocycles. The maximum absolute atomic E-state index is 6.05. The molecule has 2 N–H and O–H groups in total. The number of nitrogens with zero attached hydrogens (tertiary/aromatic N) is 3. The third-order valence-electron chi connectivity index (χ3n) is 4.21. The van der Waals surface area contributed by atoms with E-state index in [1.54, 1.807) is 0 Å². The van der Waals surface area contributed by atoms with Crippen LogP contribution in [0, 0.1) is 5.92 Å². The lowest BCUT2D eigenvalue weighted by Gasteiger charge is -2.31. The molecule has 0 radical (unpaired) electrons. The zero-order valence-electron chi connectivity index (χ0n) is 12.2. The zero-order valence-corrected chi connectivity index (χ0v) is 14.5. The molecular formula is C14H29IN4. The van der Waals surface area contributed by atoms with E-state index in [1.165, 1.54) is 45.3 Å². The maximum Gasteiger partial charge on any atom is 0.191 e. The average Bonchev–Trinajstić information content (AvgIpc) is 2.88. The Morgan fingerprint density at radius 1 is 1.16 bits per heavy atom. The Morgan fingerprint density at radius 3 is 2.42 bits per heavy atom. The quantitative estimate of drug-likeness (QED) is 0.352. The second-order valence-corrected chi connectivity index (χ2v) is 5.81. The molecule has 0 spiro atoms. The van der Waals surface area contributed by atoms with Crippen molar-refractivity contribution in [3.05, 3.63) is 0 Å². The molecule has 4 nitrogen and oxygen atoms in total. The van der Waals surface area contributed by atoms with E-state index < -0.39 is 0 Å². The van der Waals surface area contributed by atoms with Gasteiger partial charge in [-0.2, -0.15) is 0 Å². The lowest BCUT2D eigenvalue weighted by Crippen LogP contribution is -2.42. The molecule has 2 aliphatic heterocycles.